The monoisotopic (exact) mass is 450 g/mol. The number of aromatic nitrogens is 2. The van der Waals surface area contributed by atoms with Crippen molar-refractivity contribution in [1.82, 2.24) is 19.4 Å². The Morgan fingerprint density at radius 3 is 2.66 bits per heavy atom. The van der Waals surface area contributed by atoms with E-state index in [-0.39, 0.29) is 22.9 Å². The van der Waals surface area contributed by atoms with Crippen molar-refractivity contribution < 1.29 is 17.6 Å². The molecule has 0 atom stereocenters. The van der Waals surface area contributed by atoms with Gasteiger partial charge in [0.05, 0.1) is 29.6 Å². The summed E-state index contributed by atoms with van der Waals surface area (Å²) in [5.74, 6) is 0.206. The van der Waals surface area contributed by atoms with Crippen LogP contribution in [0.4, 0.5) is 0 Å². The number of sulfonamides is 1. The molecule has 0 bridgehead atoms. The first-order valence-corrected chi connectivity index (χ1v) is 11.4. The molecule has 0 aliphatic carbocycles. The molecule has 0 radical (unpaired) electrons. The molecule has 0 saturated heterocycles. The molecule has 1 amide bonds. The molecule has 32 heavy (non-hydrogen) atoms. The van der Waals surface area contributed by atoms with Crippen molar-refractivity contribution in [3.8, 4) is 5.69 Å². The van der Waals surface area contributed by atoms with Crippen molar-refractivity contribution in [3.05, 3.63) is 102 Å². The van der Waals surface area contributed by atoms with E-state index in [0.717, 1.165) is 11.3 Å². The van der Waals surface area contributed by atoms with Crippen LogP contribution in [0.5, 0.6) is 0 Å². The maximum Gasteiger partial charge on any atom is 0.253 e. The van der Waals surface area contributed by atoms with Gasteiger partial charge in [-0.3, -0.25) is 4.79 Å². The summed E-state index contributed by atoms with van der Waals surface area (Å²) in [5.41, 5.74) is 2.06. The van der Waals surface area contributed by atoms with E-state index < -0.39 is 10.0 Å². The molecule has 1 N–H and O–H groups in total. The fraction of sp³-hybridized carbons (Fsp3) is 0.130. The fourth-order valence-corrected chi connectivity index (χ4v) is 4.23. The van der Waals surface area contributed by atoms with Crippen LogP contribution in [0.2, 0.25) is 0 Å². The first kappa shape index (κ1) is 21.5. The Bertz CT molecular complexity index is 1300. The number of benzene rings is 2. The molecule has 8 nitrogen and oxygen atoms in total. The topological polar surface area (TPSA) is 97.4 Å². The number of hydrogen-bond acceptors (Lipinski definition) is 5. The van der Waals surface area contributed by atoms with Gasteiger partial charge in [-0.1, -0.05) is 24.3 Å². The number of carbonyl (C=O) groups excluding carboxylic acids is 1. The van der Waals surface area contributed by atoms with Crippen LogP contribution < -0.4 is 4.72 Å². The largest absolute Gasteiger partial charge is 0.468 e. The number of amides is 1. The van der Waals surface area contributed by atoms with Crippen LogP contribution in [0.3, 0.4) is 0 Å². The van der Waals surface area contributed by atoms with Crippen LogP contribution in [0.1, 0.15) is 21.7 Å². The zero-order valence-corrected chi connectivity index (χ0v) is 18.2. The van der Waals surface area contributed by atoms with Crippen molar-refractivity contribution in [1.29, 1.82) is 0 Å². The Morgan fingerprint density at radius 1 is 1.09 bits per heavy atom. The molecule has 0 saturated carbocycles. The molecule has 4 aromatic rings. The van der Waals surface area contributed by atoms with Gasteiger partial charge in [0, 0.05) is 30.9 Å². The van der Waals surface area contributed by atoms with E-state index in [9.17, 15) is 13.2 Å². The summed E-state index contributed by atoms with van der Waals surface area (Å²) in [6.45, 7) is 0.359. The fourth-order valence-electron chi connectivity index (χ4n) is 3.19. The Kier molecular flexibility index (Phi) is 6.20. The van der Waals surface area contributed by atoms with Crippen LogP contribution in [0.15, 0.2) is 94.7 Å². The van der Waals surface area contributed by atoms with E-state index >= 15 is 0 Å². The predicted molar refractivity (Wildman–Crippen MR) is 119 cm³/mol. The number of furan rings is 1. The summed E-state index contributed by atoms with van der Waals surface area (Å²) in [6, 6.07) is 19.0. The van der Waals surface area contributed by atoms with E-state index in [1.54, 1.807) is 42.2 Å². The molecule has 0 aliphatic rings. The Labute approximate surface area is 186 Å². The molecule has 0 aliphatic heterocycles. The van der Waals surface area contributed by atoms with Gasteiger partial charge >= 0.3 is 0 Å². The van der Waals surface area contributed by atoms with Crippen LogP contribution in [0.25, 0.3) is 5.69 Å². The summed E-state index contributed by atoms with van der Waals surface area (Å²) in [6.07, 6.45) is 5.04. The lowest BCUT2D eigenvalue weighted by Crippen LogP contribution is -2.27. The van der Waals surface area contributed by atoms with Crippen molar-refractivity contribution in [2.45, 2.75) is 18.0 Å². The molecule has 0 fully saturated rings. The van der Waals surface area contributed by atoms with E-state index in [4.69, 9.17) is 4.42 Å². The third-order valence-corrected chi connectivity index (χ3v) is 6.23. The zero-order chi connectivity index (χ0) is 22.6. The maximum atomic E-state index is 12.9. The van der Waals surface area contributed by atoms with Gasteiger partial charge in [-0.25, -0.2) is 17.8 Å². The lowest BCUT2D eigenvalue weighted by Gasteiger charge is -2.17. The van der Waals surface area contributed by atoms with Gasteiger partial charge in [0.15, 0.2) is 0 Å². The van der Waals surface area contributed by atoms with Crippen molar-refractivity contribution in [3.63, 3.8) is 0 Å². The highest BCUT2D eigenvalue weighted by Crippen LogP contribution is 2.16. The third kappa shape index (κ3) is 4.96. The Morgan fingerprint density at radius 2 is 1.91 bits per heavy atom. The molecule has 2 aromatic carbocycles. The average Bonchev–Trinajstić information content (AvgIpc) is 3.50. The van der Waals surface area contributed by atoms with Gasteiger partial charge in [-0.05, 0) is 42.5 Å². The number of rotatable bonds is 8. The van der Waals surface area contributed by atoms with Crippen molar-refractivity contribution in [2.75, 3.05) is 7.05 Å². The molecule has 9 heteroatoms. The quantitative estimate of drug-likeness (QED) is 0.445. The lowest BCUT2D eigenvalue weighted by molar-refractivity contribution is 0.0785. The lowest BCUT2D eigenvalue weighted by atomic mass is 10.2. The van der Waals surface area contributed by atoms with E-state index in [2.05, 4.69) is 9.82 Å². The van der Waals surface area contributed by atoms with Crippen LogP contribution >= 0.6 is 0 Å². The summed E-state index contributed by atoms with van der Waals surface area (Å²) in [4.78, 5) is 14.5. The van der Waals surface area contributed by atoms with E-state index in [1.807, 2.05) is 36.5 Å². The molecule has 4 rings (SSSR count). The van der Waals surface area contributed by atoms with Gasteiger partial charge in [0.25, 0.3) is 5.91 Å². The summed E-state index contributed by atoms with van der Waals surface area (Å²) in [7, 11) is -2.13. The summed E-state index contributed by atoms with van der Waals surface area (Å²) >= 11 is 0. The highest BCUT2D eigenvalue weighted by Gasteiger charge is 2.19. The highest BCUT2D eigenvalue weighted by atomic mass is 32.2. The zero-order valence-electron chi connectivity index (χ0n) is 17.4. The summed E-state index contributed by atoms with van der Waals surface area (Å²) < 4.78 is 34.6. The Balaban J connectivity index is 1.44. The molecule has 0 spiro atoms. The van der Waals surface area contributed by atoms with Gasteiger partial charge in [0.2, 0.25) is 10.0 Å². The minimum absolute atomic E-state index is 0.0141. The second kappa shape index (κ2) is 9.21. The minimum Gasteiger partial charge on any atom is -0.468 e. The number of nitrogens with zero attached hydrogens (tertiary/aromatic N) is 3. The number of carbonyl (C=O) groups is 1. The molecule has 164 valence electrons. The third-order valence-electron chi connectivity index (χ3n) is 4.83. The Hall–Kier alpha value is -3.69. The molecular weight excluding hydrogens is 428 g/mol. The van der Waals surface area contributed by atoms with Crippen LogP contribution in [-0.4, -0.2) is 36.1 Å². The van der Waals surface area contributed by atoms with E-state index in [0.29, 0.717) is 12.3 Å². The average molecular weight is 451 g/mol. The number of hydrogen-bond donors (Lipinski definition) is 1. The second-order valence-corrected chi connectivity index (χ2v) is 8.99. The van der Waals surface area contributed by atoms with Crippen molar-refractivity contribution >= 4 is 15.9 Å². The minimum atomic E-state index is -3.80. The first-order chi connectivity index (χ1) is 15.4. The standard InChI is InChI=1S/C23H22N4O4S/c1-26(16-18-14-24-27(17-18)20-8-3-2-4-9-20)23(28)19-7-5-11-22(13-19)32(29,30)25-15-21-10-6-12-31-21/h2-14,17,25H,15-16H2,1H3. The SMILES string of the molecule is CN(Cc1cnn(-c2ccccc2)c1)C(=O)c1cccc(S(=O)(=O)NCc2ccco2)c1. The van der Waals surface area contributed by atoms with Crippen LogP contribution in [0, 0.1) is 0 Å². The van der Waals surface area contributed by atoms with Crippen LogP contribution in [-0.2, 0) is 23.1 Å². The molecule has 2 heterocycles. The number of para-hydroxylation sites is 1. The predicted octanol–water partition coefficient (Wildman–Crippen LogP) is 3.22. The van der Waals surface area contributed by atoms with E-state index in [1.165, 1.54) is 23.3 Å². The smallest absolute Gasteiger partial charge is 0.253 e. The van der Waals surface area contributed by atoms with Gasteiger partial charge in [0.1, 0.15) is 5.76 Å². The molecular formula is C23H22N4O4S. The maximum absolute atomic E-state index is 12.9. The second-order valence-electron chi connectivity index (χ2n) is 7.22. The first-order valence-electron chi connectivity index (χ1n) is 9.89. The highest BCUT2D eigenvalue weighted by molar-refractivity contribution is 7.89. The molecule has 2 aromatic heterocycles. The van der Waals surface area contributed by atoms with Crippen molar-refractivity contribution in [2.24, 2.45) is 0 Å². The van der Waals surface area contributed by atoms with Gasteiger partial charge in [-0.15, -0.1) is 0 Å². The van der Waals surface area contributed by atoms with Gasteiger partial charge in [-0.2, -0.15) is 5.10 Å². The summed E-state index contributed by atoms with van der Waals surface area (Å²) in [5, 5.41) is 4.34. The molecule has 0 unspecified atom stereocenters. The van der Waals surface area contributed by atoms with Gasteiger partial charge < -0.3 is 9.32 Å². The normalized spacial score (nSPS) is 11.4. The number of nitrogens with one attached hydrogen (secondary N) is 1.